The molecule has 2 atom stereocenters. The van der Waals surface area contributed by atoms with E-state index in [0.29, 0.717) is 5.56 Å². The fourth-order valence-electron chi connectivity index (χ4n) is 3.62. The summed E-state index contributed by atoms with van der Waals surface area (Å²) in [7, 11) is 0. The Morgan fingerprint density at radius 2 is 1.81 bits per heavy atom. The number of carbonyl (C=O) groups is 1. The predicted molar refractivity (Wildman–Crippen MR) is 83.8 cm³/mol. The summed E-state index contributed by atoms with van der Waals surface area (Å²) in [5, 5.41) is 13.4. The van der Waals surface area contributed by atoms with Crippen LogP contribution >= 0.6 is 0 Å². The summed E-state index contributed by atoms with van der Waals surface area (Å²) in [5.74, 6) is 0.860. The van der Waals surface area contributed by atoms with Crippen LogP contribution in [-0.2, 0) is 0 Å². The van der Waals surface area contributed by atoms with Gasteiger partial charge in [-0.2, -0.15) is 5.10 Å². The van der Waals surface area contributed by atoms with Crippen molar-refractivity contribution in [1.29, 1.82) is 0 Å². The molecule has 2 aliphatic carbocycles. The van der Waals surface area contributed by atoms with Gasteiger partial charge >= 0.3 is 5.97 Å². The molecule has 2 aliphatic rings. The van der Waals surface area contributed by atoms with Gasteiger partial charge in [-0.15, -0.1) is 0 Å². The molecule has 2 fully saturated rings. The molecule has 3 rings (SSSR count). The summed E-state index contributed by atoms with van der Waals surface area (Å²) >= 11 is 0. The molecule has 0 aliphatic heterocycles. The number of benzene rings is 1. The van der Waals surface area contributed by atoms with Crippen LogP contribution in [-0.4, -0.2) is 16.8 Å². The third kappa shape index (κ3) is 3.43. The number of anilines is 1. The zero-order valence-electron chi connectivity index (χ0n) is 12.2. The Labute approximate surface area is 125 Å². The SMILES string of the molecule is O=C(O)c1ccc(N/N=C2\CC[C@H]3CCCC[C@@H]3C2)cc1. The van der Waals surface area contributed by atoms with Crippen LogP contribution in [0.4, 0.5) is 5.69 Å². The van der Waals surface area contributed by atoms with Gasteiger partial charge in [0.25, 0.3) is 0 Å². The van der Waals surface area contributed by atoms with Crippen molar-refractivity contribution in [3.05, 3.63) is 29.8 Å². The highest BCUT2D eigenvalue weighted by Crippen LogP contribution is 2.39. The van der Waals surface area contributed by atoms with E-state index in [0.717, 1.165) is 30.4 Å². The van der Waals surface area contributed by atoms with Crippen LogP contribution in [0, 0.1) is 11.8 Å². The van der Waals surface area contributed by atoms with Gasteiger partial charge in [0.05, 0.1) is 11.3 Å². The van der Waals surface area contributed by atoms with Crippen molar-refractivity contribution < 1.29 is 9.90 Å². The number of hydrazone groups is 1. The molecule has 0 unspecified atom stereocenters. The van der Waals surface area contributed by atoms with Gasteiger partial charge in [0, 0.05) is 5.71 Å². The lowest BCUT2D eigenvalue weighted by atomic mass is 9.70. The number of hydrogen-bond acceptors (Lipinski definition) is 3. The van der Waals surface area contributed by atoms with E-state index in [-0.39, 0.29) is 0 Å². The zero-order chi connectivity index (χ0) is 14.7. The molecule has 1 aromatic rings. The van der Waals surface area contributed by atoms with Gasteiger partial charge in [0.1, 0.15) is 0 Å². The minimum atomic E-state index is -0.900. The number of hydrogen-bond donors (Lipinski definition) is 2. The lowest BCUT2D eigenvalue weighted by Gasteiger charge is -2.35. The van der Waals surface area contributed by atoms with Crippen LogP contribution in [0.2, 0.25) is 0 Å². The maximum absolute atomic E-state index is 10.8. The molecular weight excluding hydrogens is 264 g/mol. The van der Waals surface area contributed by atoms with E-state index in [4.69, 9.17) is 5.11 Å². The third-order valence-corrected chi connectivity index (χ3v) is 4.84. The van der Waals surface area contributed by atoms with E-state index < -0.39 is 5.97 Å². The molecule has 0 radical (unpaired) electrons. The Hall–Kier alpha value is -1.84. The zero-order valence-corrected chi connectivity index (χ0v) is 12.2. The van der Waals surface area contributed by atoms with E-state index in [1.54, 1.807) is 24.3 Å². The monoisotopic (exact) mass is 286 g/mol. The Morgan fingerprint density at radius 1 is 1.10 bits per heavy atom. The normalized spacial score (nSPS) is 27.1. The topological polar surface area (TPSA) is 61.7 Å². The first-order chi connectivity index (χ1) is 10.2. The first kappa shape index (κ1) is 14.1. The third-order valence-electron chi connectivity index (χ3n) is 4.84. The highest BCUT2D eigenvalue weighted by molar-refractivity contribution is 5.88. The molecule has 112 valence electrons. The predicted octanol–water partition coefficient (Wildman–Crippen LogP) is 4.14. The minimum Gasteiger partial charge on any atom is -0.478 e. The van der Waals surface area contributed by atoms with Crippen LogP contribution < -0.4 is 5.43 Å². The van der Waals surface area contributed by atoms with Crippen molar-refractivity contribution in [2.24, 2.45) is 16.9 Å². The minimum absolute atomic E-state index is 0.302. The average Bonchev–Trinajstić information content (AvgIpc) is 2.53. The highest BCUT2D eigenvalue weighted by Gasteiger charge is 2.30. The summed E-state index contributed by atoms with van der Waals surface area (Å²) in [6, 6.07) is 6.73. The number of nitrogens with one attached hydrogen (secondary N) is 1. The Morgan fingerprint density at radius 3 is 2.52 bits per heavy atom. The van der Waals surface area contributed by atoms with Crippen molar-refractivity contribution in [1.82, 2.24) is 0 Å². The van der Waals surface area contributed by atoms with Crippen LogP contribution in [0.15, 0.2) is 29.4 Å². The van der Waals surface area contributed by atoms with E-state index >= 15 is 0 Å². The summed E-state index contributed by atoms with van der Waals surface area (Å²) in [6.07, 6.45) is 9.05. The fourth-order valence-corrected chi connectivity index (χ4v) is 3.62. The molecule has 1 aromatic carbocycles. The fraction of sp³-hybridized carbons (Fsp3) is 0.529. The van der Waals surface area contributed by atoms with Crippen molar-refractivity contribution >= 4 is 17.4 Å². The molecule has 0 amide bonds. The summed E-state index contributed by atoms with van der Waals surface area (Å²) < 4.78 is 0. The molecule has 4 nitrogen and oxygen atoms in total. The van der Waals surface area contributed by atoms with Crippen molar-refractivity contribution in [2.45, 2.75) is 44.9 Å². The molecule has 0 heterocycles. The summed E-state index contributed by atoms with van der Waals surface area (Å²) in [5.41, 5.74) is 5.48. The van der Waals surface area contributed by atoms with Gasteiger partial charge in [0.15, 0.2) is 0 Å². The van der Waals surface area contributed by atoms with Gasteiger partial charge in [-0.25, -0.2) is 4.79 Å². The maximum atomic E-state index is 10.8. The first-order valence-corrected chi connectivity index (χ1v) is 7.87. The van der Waals surface area contributed by atoms with Crippen LogP contribution in [0.3, 0.4) is 0 Å². The first-order valence-electron chi connectivity index (χ1n) is 7.87. The number of rotatable bonds is 3. The lowest BCUT2D eigenvalue weighted by Crippen LogP contribution is -2.28. The standard InChI is InChI=1S/C17H22N2O2/c20-17(21)13-6-8-15(9-7-13)18-19-16-10-5-12-3-1-2-4-14(12)11-16/h6-9,12,14,18H,1-5,10-11H2,(H,20,21)/b19-16+/t12-,14-/m1/s1. The molecule has 2 saturated carbocycles. The quantitative estimate of drug-likeness (QED) is 0.821. The number of fused-ring (bicyclic) bond motifs is 1. The van der Waals surface area contributed by atoms with Crippen LogP contribution in [0.5, 0.6) is 0 Å². The molecule has 0 spiro atoms. The molecule has 0 saturated heterocycles. The average molecular weight is 286 g/mol. The molecule has 2 N–H and O–H groups in total. The number of carboxylic acid groups (broad SMARTS) is 1. The summed E-state index contributed by atoms with van der Waals surface area (Å²) in [4.78, 5) is 10.8. The molecule has 0 aromatic heterocycles. The van der Waals surface area contributed by atoms with E-state index in [1.165, 1.54) is 37.8 Å². The van der Waals surface area contributed by atoms with Gasteiger partial charge < -0.3 is 5.11 Å². The van der Waals surface area contributed by atoms with E-state index in [2.05, 4.69) is 10.5 Å². The van der Waals surface area contributed by atoms with Gasteiger partial charge in [-0.1, -0.05) is 19.3 Å². The highest BCUT2D eigenvalue weighted by atomic mass is 16.4. The number of nitrogens with zero attached hydrogens (tertiary/aromatic N) is 1. The second-order valence-electron chi connectivity index (χ2n) is 6.22. The smallest absolute Gasteiger partial charge is 0.335 e. The van der Waals surface area contributed by atoms with Crippen LogP contribution in [0.1, 0.15) is 55.3 Å². The molecule has 21 heavy (non-hydrogen) atoms. The van der Waals surface area contributed by atoms with Crippen molar-refractivity contribution in [3.63, 3.8) is 0 Å². The Kier molecular flexibility index (Phi) is 4.23. The van der Waals surface area contributed by atoms with Crippen LogP contribution in [0.25, 0.3) is 0 Å². The van der Waals surface area contributed by atoms with Gasteiger partial charge in [0.2, 0.25) is 0 Å². The van der Waals surface area contributed by atoms with E-state index in [1.807, 2.05) is 0 Å². The van der Waals surface area contributed by atoms with Crippen molar-refractivity contribution in [3.8, 4) is 0 Å². The second-order valence-corrected chi connectivity index (χ2v) is 6.22. The van der Waals surface area contributed by atoms with Gasteiger partial charge in [-0.05, 0) is 61.8 Å². The second kappa shape index (κ2) is 6.29. The van der Waals surface area contributed by atoms with Gasteiger partial charge in [-0.3, -0.25) is 5.43 Å². The Bertz CT molecular complexity index is 536. The molecule has 0 bridgehead atoms. The maximum Gasteiger partial charge on any atom is 0.335 e. The number of carboxylic acids is 1. The van der Waals surface area contributed by atoms with Crippen molar-refractivity contribution in [2.75, 3.05) is 5.43 Å². The van der Waals surface area contributed by atoms with E-state index in [9.17, 15) is 4.79 Å². The lowest BCUT2D eigenvalue weighted by molar-refractivity contribution is 0.0697. The number of aromatic carboxylic acids is 1. The molecule has 4 heteroatoms. The summed E-state index contributed by atoms with van der Waals surface area (Å²) in [6.45, 7) is 0. The largest absolute Gasteiger partial charge is 0.478 e. The Balaban J connectivity index is 1.59. The molecular formula is C17H22N2O2.